The molecular formula is C15H17ClO2. The lowest BCUT2D eigenvalue weighted by atomic mass is 10.0. The van der Waals surface area contributed by atoms with Crippen molar-refractivity contribution in [2.24, 2.45) is 0 Å². The number of furan rings is 1. The van der Waals surface area contributed by atoms with Gasteiger partial charge in [0.25, 0.3) is 0 Å². The molecule has 1 atom stereocenters. The Morgan fingerprint density at radius 1 is 1.22 bits per heavy atom. The Kier molecular flexibility index (Phi) is 3.79. The first-order valence-electron chi connectivity index (χ1n) is 5.97. The fourth-order valence-electron chi connectivity index (χ4n) is 2.12. The third-order valence-corrected chi connectivity index (χ3v) is 3.41. The van der Waals surface area contributed by atoms with Gasteiger partial charge in [-0.15, -0.1) is 0 Å². The molecule has 0 fully saturated rings. The summed E-state index contributed by atoms with van der Waals surface area (Å²) in [6.07, 6.45) is -0.0819. The summed E-state index contributed by atoms with van der Waals surface area (Å²) < 4.78 is 5.43. The van der Waals surface area contributed by atoms with Gasteiger partial charge in [0.1, 0.15) is 11.5 Å². The molecule has 18 heavy (non-hydrogen) atoms. The summed E-state index contributed by atoms with van der Waals surface area (Å²) in [5.41, 5.74) is 2.91. The van der Waals surface area contributed by atoms with Crippen LogP contribution in [0.5, 0.6) is 0 Å². The van der Waals surface area contributed by atoms with E-state index in [2.05, 4.69) is 0 Å². The quantitative estimate of drug-likeness (QED) is 0.904. The number of aryl methyl sites for hydroxylation is 3. The fourth-order valence-corrected chi connectivity index (χ4v) is 2.43. The van der Waals surface area contributed by atoms with Crippen molar-refractivity contribution in [2.45, 2.75) is 33.3 Å². The van der Waals surface area contributed by atoms with E-state index < -0.39 is 6.10 Å². The number of hydrogen-bond acceptors (Lipinski definition) is 2. The minimum Gasteiger partial charge on any atom is -0.466 e. The van der Waals surface area contributed by atoms with E-state index in [1.54, 1.807) is 0 Å². The molecule has 1 unspecified atom stereocenters. The van der Waals surface area contributed by atoms with Gasteiger partial charge in [0, 0.05) is 17.0 Å². The van der Waals surface area contributed by atoms with Crippen LogP contribution in [0.25, 0.3) is 0 Å². The normalized spacial score (nSPS) is 12.7. The Morgan fingerprint density at radius 2 is 1.94 bits per heavy atom. The molecule has 0 saturated carbocycles. The van der Waals surface area contributed by atoms with Crippen molar-refractivity contribution >= 4 is 11.6 Å². The average molecular weight is 265 g/mol. The molecule has 1 N–H and O–H groups in total. The van der Waals surface area contributed by atoms with E-state index in [1.165, 1.54) is 0 Å². The second-order valence-electron chi connectivity index (χ2n) is 4.68. The van der Waals surface area contributed by atoms with E-state index in [9.17, 15) is 5.11 Å². The highest BCUT2D eigenvalue weighted by Gasteiger charge is 2.16. The van der Waals surface area contributed by atoms with E-state index in [1.807, 2.05) is 45.0 Å². The molecule has 0 aliphatic carbocycles. The number of aliphatic hydroxyl groups is 1. The molecule has 0 aliphatic rings. The van der Waals surface area contributed by atoms with Crippen LogP contribution in [-0.2, 0) is 6.42 Å². The highest BCUT2D eigenvalue weighted by molar-refractivity contribution is 6.31. The summed E-state index contributed by atoms with van der Waals surface area (Å²) in [6.45, 7) is 5.74. The lowest BCUT2D eigenvalue weighted by molar-refractivity contribution is 0.176. The molecule has 2 nitrogen and oxygen atoms in total. The Morgan fingerprint density at radius 3 is 2.50 bits per heavy atom. The van der Waals surface area contributed by atoms with Gasteiger partial charge in [-0.25, -0.2) is 0 Å². The van der Waals surface area contributed by atoms with Crippen LogP contribution in [0.4, 0.5) is 0 Å². The molecule has 2 aromatic rings. The standard InChI is InChI=1S/C15H17ClO2/c1-9-4-5-12(14(16)6-9)8-15(17)13-7-10(2)18-11(13)3/h4-7,15,17H,8H2,1-3H3. The number of benzene rings is 1. The Bertz CT molecular complexity index is 558. The van der Waals surface area contributed by atoms with Gasteiger partial charge >= 0.3 is 0 Å². The highest BCUT2D eigenvalue weighted by Crippen LogP contribution is 2.27. The van der Waals surface area contributed by atoms with E-state index in [0.717, 1.165) is 28.2 Å². The summed E-state index contributed by atoms with van der Waals surface area (Å²) in [5.74, 6) is 1.58. The maximum Gasteiger partial charge on any atom is 0.106 e. The monoisotopic (exact) mass is 264 g/mol. The maximum absolute atomic E-state index is 10.2. The molecule has 96 valence electrons. The number of rotatable bonds is 3. The molecule has 0 bridgehead atoms. The van der Waals surface area contributed by atoms with Gasteiger partial charge in [0.2, 0.25) is 0 Å². The topological polar surface area (TPSA) is 33.4 Å². The van der Waals surface area contributed by atoms with E-state index in [4.69, 9.17) is 16.0 Å². The second-order valence-corrected chi connectivity index (χ2v) is 5.09. The van der Waals surface area contributed by atoms with Crippen molar-refractivity contribution in [3.05, 3.63) is 57.5 Å². The van der Waals surface area contributed by atoms with Crippen LogP contribution in [-0.4, -0.2) is 5.11 Å². The van der Waals surface area contributed by atoms with Gasteiger partial charge in [-0.2, -0.15) is 0 Å². The van der Waals surface area contributed by atoms with Crippen LogP contribution in [0.15, 0.2) is 28.7 Å². The first-order valence-corrected chi connectivity index (χ1v) is 6.35. The molecule has 0 radical (unpaired) electrons. The van der Waals surface area contributed by atoms with E-state index >= 15 is 0 Å². The van der Waals surface area contributed by atoms with Crippen molar-refractivity contribution in [2.75, 3.05) is 0 Å². The predicted octanol–water partition coefficient (Wildman–Crippen LogP) is 4.13. The van der Waals surface area contributed by atoms with Crippen LogP contribution in [0, 0.1) is 20.8 Å². The molecule has 1 aromatic carbocycles. The SMILES string of the molecule is Cc1ccc(CC(O)c2cc(C)oc2C)c(Cl)c1. The first-order chi connectivity index (χ1) is 8.47. The Labute approximate surface area is 112 Å². The summed E-state index contributed by atoms with van der Waals surface area (Å²) in [5, 5.41) is 10.9. The van der Waals surface area contributed by atoms with Crippen LogP contribution in [0.2, 0.25) is 5.02 Å². The van der Waals surface area contributed by atoms with Gasteiger partial charge in [-0.05, 0) is 44.0 Å². The van der Waals surface area contributed by atoms with Crippen LogP contribution < -0.4 is 0 Å². The number of hydrogen-bond donors (Lipinski definition) is 1. The highest BCUT2D eigenvalue weighted by atomic mass is 35.5. The second kappa shape index (κ2) is 5.17. The zero-order valence-corrected chi connectivity index (χ0v) is 11.6. The van der Waals surface area contributed by atoms with E-state index in [0.29, 0.717) is 11.4 Å². The zero-order chi connectivity index (χ0) is 13.3. The van der Waals surface area contributed by atoms with Crippen molar-refractivity contribution in [1.82, 2.24) is 0 Å². The van der Waals surface area contributed by atoms with E-state index in [-0.39, 0.29) is 0 Å². The summed E-state index contributed by atoms with van der Waals surface area (Å²) in [6, 6.07) is 7.75. The van der Waals surface area contributed by atoms with Gasteiger partial charge in [0.05, 0.1) is 6.10 Å². The van der Waals surface area contributed by atoms with Crippen molar-refractivity contribution < 1.29 is 9.52 Å². The smallest absolute Gasteiger partial charge is 0.106 e. The largest absolute Gasteiger partial charge is 0.466 e. The Hall–Kier alpha value is -1.25. The van der Waals surface area contributed by atoms with Crippen LogP contribution in [0.3, 0.4) is 0 Å². The minimum absolute atomic E-state index is 0.499. The molecule has 1 aromatic heterocycles. The molecule has 0 aliphatic heterocycles. The number of halogens is 1. The van der Waals surface area contributed by atoms with Gasteiger partial charge in [-0.3, -0.25) is 0 Å². The maximum atomic E-state index is 10.2. The number of aliphatic hydroxyl groups excluding tert-OH is 1. The Balaban J connectivity index is 2.21. The molecule has 0 saturated heterocycles. The summed E-state index contributed by atoms with van der Waals surface area (Å²) >= 11 is 6.17. The first kappa shape index (κ1) is 13.2. The third kappa shape index (κ3) is 2.77. The predicted molar refractivity (Wildman–Crippen MR) is 73.0 cm³/mol. The lowest BCUT2D eigenvalue weighted by Crippen LogP contribution is -2.02. The zero-order valence-electron chi connectivity index (χ0n) is 10.8. The van der Waals surface area contributed by atoms with Crippen molar-refractivity contribution in [3.8, 4) is 0 Å². The molecule has 1 heterocycles. The summed E-state index contributed by atoms with van der Waals surface area (Å²) in [4.78, 5) is 0. The van der Waals surface area contributed by atoms with Crippen LogP contribution in [0.1, 0.15) is 34.3 Å². The lowest BCUT2D eigenvalue weighted by Gasteiger charge is -2.11. The third-order valence-electron chi connectivity index (χ3n) is 3.06. The van der Waals surface area contributed by atoms with Crippen molar-refractivity contribution in [3.63, 3.8) is 0 Å². The average Bonchev–Trinajstić information content (AvgIpc) is 2.62. The van der Waals surface area contributed by atoms with Crippen LogP contribution >= 0.6 is 11.6 Å². The molecule has 0 amide bonds. The molecular weight excluding hydrogens is 248 g/mol. The fraction of sp³-hybridized carbons (Fsp3) is 0.333. The van der Waals surface area contributed by atoms with Gasteiger partial charge in [0.15, 0.2) is 0 Å². The van der Waals surface area contributed by atoms with Gasteiger partial charge in [-0.1, -0.05) is 23.7 Å². The summed E-state index contributed by atoms with van der Waals surface area (Å²) in [7, 11) is 0. The molecule has 2 rings (SSSR count). The van der Waals surface area contributed by atoms with Gasteiger partial charge < -0.3 is 9.52 Å². The minimum atomic E-state index is -0.581. The molecule has 0 spiro atoms. The molecule has 3 heteroatoms. The van der Waals surface area contributed by atoms with Crippen molar-refractivity contribution in [1.29, 1.82) is 0 Å².